The second kappa shape index (κ2) is 6.46. The molecule has 1 aromatic heterocycles. The van der Waals surface area contributed by atoms with E-state index in [-0.39, 0.29) is 5.56 Å². The van der Waals surface area contributed by atoms with Crippen molar-refractivity contribution in [2.75, 3.05) is 0 Å². The summed E-state index contributed by atoms with van der Waals surface area (Å²) < 4.78 is 25.0. The van der Waals surface area contributed by atoms with Gasteiger partial charge in [0.05, 0.1) is 0 Å². The molecule has 0 bridgehead atoms. The molecule has 1 heterocycles. The van der Waals surface area contributed by atoms with Gasteiger partial charge < -0.3 is 0 Å². The Balaban J connectivity index is 2.38. The first-order valence-electron chi connectivity index (χ1n) is 6.13. The average molecular weight is 317 g/mol. The van der Waals surface area contributed by atoms with Crippen LogP contribution in [0.4, 0.5) is 8.78 Å². The molecule has 2 rings (SSSR count). The molecule has 0 saturated carbocycles. The number of alkyl halides is 2. The zero-order valence-electron chi connectivity index (χ0n) is 10.7. The lowest BCUT2D eigenvalue weighted by atomic mass is 10.1. The molecule has 0 saturated heterocycles. The topological polar surface area (TPSA) is 25.8 Å². The predicted molar refractivity (Wildman–Crippen MR) is 76.4 cm³/mol. The molecule has 0 spiro atoms. The summed E-state index contributed by atoms with van der Waals surface area (Å²) in [7, 11) is 0. The van der Waals surface area contributed by atoms with Crippen molar-refractivity contribution >= 4 is 23.2 Å². The van der Waals surface area contributed by atoms with Crippen molar-refractivity contribution in [3.8, 4) is 11.4 Å². The van der Waals surface area contributed by atoms with Gasteiger partial charge in [-0.05, 0) is 6.42 Å². The average Bonchev–Trinajstić information content (AvgIpc) is 2.42. The lowest BCUT2D eigenvalue weighted by Gasteiger charge is -2.08. The summed E-state index contributed by atoms with van der Waals surface area (Å²) in [6, 6.07) is 5.74. The molecule has 20 heavy (non-hydrogen) atoms. The van der Waals surface area contributed by atoms with Gasteiger partial charge in [-0.15, -0.1) is 0 Å². The van der Waals surface area contributed by atoms with E-state index in [9.17, 15) is 8.78 Å². The third-order valence-electron chi connectivity index (χ3n) is 2.83. The molecule has 0 fully saturated rings. The Labute approximate surface area is 125 Å². The molecule has 0 radical (unpaired) electrons. The van der Waals surface area contributed by atoms with Gasteiger partial charge in [0.1, 0.15) is 10.3 Å². The second-order valence-electron chi connectivity index (χ2n) is 4.28. The normalized spacial score (nSPS) is 11.1. The predicted octanol–water partition coefficient (Wildman–Crippen LogP) is 5.34. The van der Waals surface area contributed by atoms with E-state index >= 15 is 0 Å². The van der Waals surface area contributed by atoms with Crippen LogP contribution in [0.3, 0.4) is 0 Å². The molecule has 0 unspecified atom stereocenters. The second-order valence-corrected chi connectivity index (χ2v) is 5.00. The number of hydrogen-bond donors (Lipinski definition) is 0. The number of halogens is 4. The highest BCUT2D eigenvalue weighted by atomic mass is 35.5. The maximum atomic E-state index is 12.5. The summed E-state index contributed by atoms with van der Waals surface area (Å²) in [4.78, 5) is 8.36. The van der Waals surface area contributed by atoms with Gasteiger partial charge in [-0.3, -0.25) is 0 Å². The summed E-state index contributed by atoms with van der Waals surface area (Å²) in [5.74, 6) is 0.334. The number of hydrogen-bond acceptors (Lipinski definition) is 2. The minimum absolute atomic E-state index is 0.0476. The molecule has 6 heteroatoms. The molecule has 0 amide bonds. The Morgan fingerprint density at radius 1 is 1.05 bits per heavy atom. The number of nitrogens with zero attached hydrogens (tertiary/aromatic N) is 2. The molecule has 1 aromatic carbocycles. The summed E-state index contributed by atoms with van der Waals surface area (Å²) in [6.07, 6.45) is -0.919. The molecular formula is C14H12Cl2F2N2. The van der Waals surface area contributed by atoms with Crippen LogP contribution in [0.15, 0.2) is 24.3 Å². The maximum Gasteiger partial charge on any atom is 0.263 e. The molecular weight excluding hydrogens is 305 g/mol. The smallest absolute Gasteiger partial charge is 0.216 e. The summed E-state index contributed by atoms with van der Waals surface area (Å²) >= 11 is 12.2. The van der Waals surface area contributed by atoms with Gasteiger partial charge in [0.25, 0.3) is 6.43 Å². The minimum atomic E-state index is -2.50. The molecule has 0 atom stereocenters. The molecule has 0 aliphatic heterocycles. The number of benzene rings is 1. The maximum absolute atomic E-state index is 12.5. The van der Waals surface area contributed by atoms with E-state index in [2.05, 4.69) is 9.97 Å². The van der Waals surface area contributed by atoms with Crippen molar-refractivity contribution in [1.82, 2.24) is 9.97 Å². The van der Waals surface area contributed by atoms with Crippen LogP contribution in [0.5, 0.6) is 0 Å². The standard InChI is InChI=1S/C14H12Cl2F2N2/c1-2-3-10-11(15)19-14(20-12(10)16)9-6-4-8(5-7-9)13(17)18/h4-7,13H,2-3H2,1H3. The van der Waals surface area contributed by atoms with Gasteiger partial charge in [0.2, 0.25) is 0 Å². The van der Waals surface area contributed by atoms with Crippen LogP contribution in [-0.4, -0.2) is 9.97 Å². The first-order chi connectivity index (χ1) is 9.52. The van der Waals surface area contributed by atoms with Gasteiger partial charge in [-0.25, -0.2) is 18.7 Å². The largest absolute Gasteiger partial charge is 0.263 e. The van der Waals surface area contributed by atoms with Crippen molar-refractivity contribution in [3.05, 3.63) is 45.7 Å². The first kappa shape index (κ1) is 15.1. The van der Waals surface area contributed by atoms with Crippen LogP contribution < -0.4 is 0 Å². The third kappa shape index (κ3) is 3.25. The van der Waals surface area contributed by atoms with E-state index in [1.54, 1.807) is 0 Å². The number of aromatic nitrogens is 2. The molecule has 0 aliphatic rings. The highest BCUT2D eigenvalue weighted by Gasteiger charge is 2.13. The summed E-state index contributed by atoms with van der Waals surface area (Å²) in [5, 5.41) is 0.611. The van der Waals surface area contributed by atoms with Crippen LogP contribution in [0, 0.1) is 0 Å². The van der Waals surface area contributed by atoms with E-state index in [0.29, 0.717) is 33.7 Å². The molecule has 0 aliphatic carbocycles. The Bertz CT molecular complexity index is 578. The SMILES string of the molecule is CCCc1c(Cl)nc(-c2ccc(C(F)F)cc2)nc1Cl. The molecule has 106 valence electrons. The van der Waals surface area contributed by atoms with E-state index in [1.165, 1.54) is 24.3 Å². The molecule has 2 nitrogen and oxygen atoms in total. The highest BCUT2D eigenvalue weighted by Crippen LogP contribution is 2.28. The van der Waals surface area contributed by atoms with Crippen LogP contribution in [0.25, 0.3) is 11.4 Å². The quantitative estimate of drug-likeness (QED) is 0.711. The monoisotopic (exact) mass is 316 g/mol. The van der Waals surface area contributed by atoms with Gasteiger partial charge >= 0.3 is 0 Å². The first-order valence-corrected chi connectivity index (χ1v) is 6.89. The highest BCUT2D eigenvalue weighted by molar-refractivity contribution is 6.34. The van der Waals surface area contributed by atoms with Crippen molar-refractivity contribution in [1.29, 1.82) is 0 Å². The fourth-order valence-electron chi connectivity index (χ4n) is 1.79. The van der Waals surface area contributed by atoms with Crippen molar-refractivity contribution < 1.29 is 8.78 Å². The molecule has 2 aromatic rings. The van der Waals surface area contributed by atoms with Crippen LogP contribution >= 0.6 is 23.2 Å². The fourth-order valence-corrected chi connectivity index (χ4v) is 2.37. The zero-order chi connectivity index (χ0) is 14.7. The van der Waals surface area contributed by atoms with Crippen molar-refractivity contribution in [3.63, 3.8) is 0 Å². The van der Waals surface area contributed by atoms with E-state index in [0.717, 1.165) is 6.42 Å². The van der Waals surface area contributed by atoms with Gasteiger partial charge in [0.15, 0.2) is 5.82 Å². The minimum Gasteiger partial charge on any atom is -0.216 e. The van der Waals surface area contributed by atoms with Crippen LogP contribution in [-0.2, 0) is 6.42 Å². The van der Waals surface area contributed by atoms with Crippen molar-refractivity contribution in [2.24, 2.45) is 0 Å². The van der Waals surface area contributed by atoms with Crippen LogP contribution in [0.1, 0.15) is 30.9 Å². The fraction of sp³-hybridized carbons (Fsp3) is 0.286. The molecule has 0 N–H and O–H groups in total. The van der Waals surface area contributed by atoms with Crippen LogP contribution in [0.2, 0.25) is 10.3 Å². The zero-order valence-corrected chi connectivity index (χ0v) is 12.2. The van der Waals surface area contributed by atoms with E-state index in [4.69, 9.17) is 23.2 Å². The van der Waals surface area contributed by atoms with E-state index in [1.807, 2.05) is 6.92 Å². The summed E-state index contributed by atoms with van der Waals surface area (Å²) in [5.41, 5.74) is 1.26. The Hall–Kier alpha value is -1.26. The Morgan fingerprint density at radius 3 is 2.05 bits per heavy atom. The van der Waals surface area contributed by atoms with Gasteiger partial charge in [0, 0.05) is 16.7 Å². The van der Waals surface area contributed by atoms with Crippen molar-refractivity contribution in [2.45, 2.75) is 26.2 Å². The third-order valence-corrected chi connectivity index (χ3v) is 3.45. The van der Waals surface area contributed by atoms with Gasteiger partial charge in [-0.2, -0.15) is 0 Å². The summed E-state index contributed by atoms with van der Waals surface area (Å²) in [6.45, 7) is 2.00. The van der Waals surface area contributed by atoms with Gasteiger partial charge in [-0.1, -0.05) is 60.8 Å². The number of rotatable bonds is 4. The Kier molecular flexibility index (Phi) is 4.89. The Morgan fingerprint density at radius 2 is 1.60 bits per heavy atom. The van der Waals surface area contributed by atoms with E-state index < -0.39 is 6.43 Å². The lowest BCUT2D eigenvalue weighted by molar-refractivity contribution is 0.151. The lowest BCUT2D eigenvalue weighted by Crippen LogP contribution is -1.97.